The van der Waals surface area contributed by atoms with Crippen LogP contribution < -0.4 is 10.9 Å². The maximum atomic E-state index is 13.2. The van der Waals surface area contributed by atoms with Gasteiger partial charge in [0.15, 0.2) is 5.16 Å². The molecule has 30 heavy (non-hydrogen) atoms. The van der Waals surface area contributed by atoms with Crippen molar-refractivity contribution < 1.29 is 4.79 Å². The van der Waals surface area contributed by atoms with Crippen LogP contribution >= 0.6 is 11.8 Å². The molecule has 0 unspecified atom stereocenters. The first-order valence-electron chi connectivity index (χ1n) is 11.3. The number of allylic oxidation sites excluding steroid dienone is 1. The molecule has 1 amide bonds. The molecule has 1 atom stereocenters. The lowest BCUT2D eigenvalue weighted by Gasteiger charge is -2.20. The zero-order valence-corrected chi connectivity index (χ0v) is 18.5. The van der Waals surface area contributed by atoms with Crippen LogP contribution in [-0.4, -0.2) is 27.3 Å². The number of amides is 1. The molecule has 1 aromatic heterocycles. The summed E-state index contributed by atoms with van der Waals surface area (Å²) in [5, 5.41) is 4.10. The second-order valence-electron chi connectivity index (χ2n) is 8.43. The summed E-state index contributed by atoms with van der Waals surface area (Å²) < 4.78 is 1.86. The van der Waals surface area contributed by atoms with E-state index in [0.717, 1.165) is 38.5 Å². The standard InChI is InChI=1S/C24H31N3O2S/c1-17(22(28)25-16-15-18-9-3-2-4-10-18)30-24-26-21-14-8-7-13-20(21)23(29)27(24)19-11-5-6-12-19/h7-9,13-14,17,19H,2-6,10-12,15-16H2,1H3,(H,25,28)/t17-/m1/s1. The third kappa shape index (κ3) is 4.80. The summed E-state index contributed by atoms with van der Waals surface area (Å²) in [7, 11) is 0. The second-order valence-corrected chi connectivity index (χ2v) is 9.74. The normalized spacial score (nSPS) is 18.4. The fourth-order valence-corrected chi connectivity index (χ4v) is 5.53. The molecule has 1 fully saturated rings. The number of aromatic nitrogens is 2. The van der Waals surface area contributed by atoms with Gasteiger partial charge in [-0.2, -0.15) is 0 Å². The van der Waals surface area contributed by atoms with E-state index in [4.69, 9.17) is 4.98 Å². The van der Waals surface area contributed by atoms with Crippen LogP contribution in [0.4, 0.5) is 0 Å². The highest BCUT2D eigenvalue weighted by Gasteiger charge is 2.25. The zero-order valence-electron chi connectivity index (χ0n) is 17.7. The number of carbonyl (C=O) groups excluding carboxylic acids is 1. The van der Waals surface area contributed by atoms with Gasteiger partial charge in [0.05, 0.1) is 16.2 Å². The summed E-state index contributed by atoms with van der Waals surface area (Å²) in [4.78, 5) is 30.7. The van der Waals surface area contributed by atoms with Gasteiger partial charge >= 0.3 is 0 Å². The maximum Gasteiger partial charge on any atom is 0.262 e. The Balaban J connectivity index is 1.49. The molecule has 0 bridgehead atoms. The quantitative estimate of drug-likeness (QED) is 0.385. The van der Waals surface area contributed by atoms with Gasteiger partial charge in [-0.25, -0.2) is 4.98 Å². The summed E-state index contributed by atoms with van der Waals surface area (Å²) in [6.07, 6.45) is 12.4. The first-order chi connectivity index (χ1) is 14.6. The van der Waals surface area contributed by atoms with Crippen molar-refractivity contribution in [3.8, 4) is 0 Å². The predicted octanol–water partition coefficient (Wildman–Crippen LogP) is 5.00. The third-order valence-corrected chi connectivity index (χ3v) is 7.31. The van der Waals surface area contributed by atoms with Crippen molar-refractivity contribution in [2.24, 2.45) is 0 Å². The Morgan fingerprint density at radius 1 is 1.23 bits per heavy atom. The number of thioether (sulfide) groups is 1. The van der Waals surface area contributed by atoms with Crippen LogP contribution in [0.3, 0.4) is 0 Å². The molecule has 0 radical (unpaired) electrons. The Morgan fingerprint density at radius 3 is 2.80 bits per heavy atom. The lowest BCUT2D eigenvalue weighted by molar-refractivity contribution is -0.120. The van der Waals surface area contributed by atoms with E-state index in [2.05, 4.69) is 11.4 Å². The van der Waals surface area contributed by atoms with Crippen molar-refractivity contribution in [1.82, 2.24) is 14.9 Å². The van der Waals surface area contributed by atoms with Crippen molar-refractivity contribution >= 4 is 28.6 Å². The Morgan fingerprint density at radius 2 is 2.03 bits per heavy atom. The highest BCUT2D eigenvalue weighted by Crippen LogP contribution is 2.33. The minimum Gasteiger partial charge on any atom is -0.355 e. The van der Waals surface area contributed by atoms with Crippen LogP contribution in [-0.2, 0) is 4.79 Å². The number of benzene rings is 1. The Hall–Kier alpha value is -2.08. The van der Waals surface area contributed by atoms with Crippen LogP contribution in [0.5, 0.6) is 0 Å². The highest BCUT2D eigenvalue weighted by atomic mass is 32.2. The fraction of sp³-hybridized carbons (Fsp3) is 0.542. The predicted molar refractivity (Wildman–Crippen MR) is 123 cm³/mol. The first-order valence-corrected chi connectivity index (χ1v) is 12.1. The van der Waals surface area contributed by atoms with Gasteiger partial charge in [-0.1, -0.05) is 48.4 Å². The maximum absolute atomic E-state index is 13.2. The van der Waals surface area contributed by atoms with Crippen molar-refractivity contribution in [2.45, 2.75) is 81.2 Å². The van der Waals surface area contributed by atoms with E-state index in [9.17, 15) is 9.59 Å². The van der Waals surface area contributed by atoms with Crippen LogP contribution in [0.2, 0.25) is 0 Å². The summed E-state index contributed by atoms with van der Waals surface area (Å²) >= 11 is 1.41. The number of rotatable bonds is 7. The Labute approximate surface area is 182 Å². The molecular weight excluding hydrogens is 394 g/mol. The first kappa shape index (κ1) is 21.2. The zero-order chi connectivity index (χ0) is 20.9. The molecule has 1 N–H and O–H groups in total. The van der Waals surface area contributed by atoms with Gasteiger partial charge < -0.3 is 5.32 Å². The third-order valence-electron chi connectivity index (χ3n) is 6.25. The molecule has 160 valence electrons. The van der Waals surface area contributed by atoms with Crippen LogP contribution in [0, 0.1) is 0 Å². The number of nitrogens with one attached hydrogen (secondary N) is 1. The Bertz CT molecular complexity index is 992. The van der Waals surface area contributed by atoms with Gasteiger partial charge in [0.1, 0.15) is 0 Å². The molecule has 2 aliphatic carbocycles. The molecule has 5 nitrogen and oxygen atoms in total. The molecule has 1 heterocycles. The van der Waals surface area contributed by atoms with E-state index in [1.165, 1.54) is 36.6 Å². The van der Waals surface area contributed by atoms with E-state index >= 15 is 0 Å². The monoisotopic (exact) mass is 425 g/mol. The van der Waals surface area contributed by atoms with Crippen LogP contribution in [0.1, 0.15) is 70.8 Å². The summed E-state index contributed by atoms with van der Waals surface area (Å²) in [6, 6.07) is 7.70. The average molecular weight is 426 g/mol. The Kier molecular flexibility index (Phi) is 6.93. The molecule has 1 saturated carbocycles. The topological polar surface area (TPSA) is 64.0 Å². The molecule has 2 aliphatic rings. The molecular formula is C24H31N3O2S. The van der Waals surface area contributed by atoms with Crippen molar-refractivity contribution in [2.75, 3.05) is 6.54 Å². The van der Waals surface area contributed by atoms with Crippen LogP contribution in [0.25, 0.3) is 10.9 Å². The van der Waals surface area contributed by atoms with Gasteiger partial charge in [0.25, 0.3) is 5.56 Å². The van der Waals surface area contributed by atoms with Crippen molar-refractivity contribution in [1.29, 1.82) is 0 Å². The highest BCUT2D eigenvalue weighted by molar-refractivity contribution is 8.00. The molecule has 4 rings (SSSR count). The molecule has 6 heteroatoms. The number of nitrogens with zero attached hydrogens (tertiary/aromatic N) is 2. The number of hydrogen-bond acceptors (Lipinski definition) is 4. The van der Waals surface area contributed by atoms with Gasteiger partial charge in [-0.15, -0.1) is 0 Å². The van der Waals surface area contributed by atoms with E-state index in [-0.39, 0.29) is 22.8 Å². The molecule has 0 aliphatic heterocycles. The van der Waals surface area contributed by atoms with Gasteiger partial charge in [0.2, 0.25) is 5.91 Å². The number of fused-ring (bicyclic) bond motifs is 1. The second kappa shape index (κ2) is 9.82. The SMILES string of the molecule is C[C@@H](Sc1nc2ccccc2c(=O)n1C1CCCC1)C(=O)NCCC1=CCCCC1. The van der Waals surface area contributed by atoms with Gasteiger partial charge in [-0.05, 0) is 64.0 Å². The van der Waals surface area contributed by atoms with Crippen molar-refractivity contribution in [3.05, 3.63) is 46.3 Å². The molecule has 0 saturated heterocycles. The average Bonchev–Trinajstić information content (AvgIpc) is 3.29. The van der Waals surface area contributed by atoms with E-state index in [1.807, 2.05) is 35.8 Å². The lowest BCUT2D eigenvalue weighted by Crippen LogP contribution is -2.33. The molecule has 0 spiro atoms. The molecule has 1 aromatic carbocycles. The fourth-order valence-electron chi connectivity index (χ4n) is 4.53. The smallest absolute Gasteiger partial charge is 0.262 e. The molecule has 2 aromatic rings. The van der Waals surface area contributed by atoms with Gasteiger partial charge in [0, 0.05) is 12.6 Å². The van der Waals surface area contributed by atoms with Crippen molar-refractivity contribution in [3.63, 3.8) is 0 Å². The minimum absolute atomic E-state index is 0.0109. The van der Waals surface area contributed by atoms with Crippen LogP contribution in [0.15, 0.2) is 45.9 Å². The van der Waals surface area contributed by atoms with Gasteiger partial charge in [-0.3, -0.25) is 14.2 Å². The summed E-state index contributed by atoms with van der Waals surface area (Å²) in [5.74, 6) is 0.0109. The van der Waals surface area contributed by atoms with E-state index in [1.54, 1.807) is 0 Å². The minimum atomic E-state index is -0.300. The van der Waals surface area contributed by atoms with E-state index < -0.39 is 0 Å². The summed E-state index contributed by atoms with van der Waals surface area (Å²) in [5.41, 5.74) is 2.19. The number of carbonyl (C=O) groups is 1. The largest absolute Gasteiger partial charge is 0.355 e. The van der Waals surface area contributed by atoms with E-state index in [0.29, 0.717) is 22.6 Å². The number of para-hydroxylation sites is 1. The lowest BCUT2D eigenvalue weighted by atomic mass is 9.97. The number of hydrogen-bond donors (Lipinski definition) is 1. The summed E-state index contributed by atoms with van der Waals surface area (Å²) in [6.45, 7) is 2.58.